The maximum atomic E-state index is 8.36. The molecule has 0 spiro atoms. The van der Waals surface area contributed by atoms with Gasteiger partial charge < -0.3 is 0 Å². The Hall–Kier alpha value is -8.15. The summed E-state index contributed by atoms with van der Waals surface area (Å²) in [5.74, 6) is 0.568. The zero-order valence-corrected chi connectivity index (χ0v) is 64.8. The lowest BCUT2D eigenvalue weighted by Gasteiger charge is -2.20. The molecule has 512 valence electrons. The zero-order chi connectivity index (χ0) is 79.1. The lowest BCUT2D eigenvalue weighted by molar-refractivity contribution is -0.661. The number of benzene rings is 5. The summed E-state index contributed by atoms with van der Waals surface area (Å²) in [4.78, 5) is 0. The Bertz CT molecular complexity index is 4640. The number of aryl methyl sites for hydroxylation is 17. The fourth-order valence-corrected chi connectivity index (χ4v) is 12.6. The summed E-state index contributed by atoms with van der Waals surface area (Å²) in [6, 6.07) is 47.8. The van der Waals surface area contributed by atoms with Gasteiger partial charge in [0.15, 0.2) is 31.0 Å². The first-order valence-electron chi connectivity index (χ1n) is 38.8. The molecule has 0 aliphatic carbocycles. The molecule has 0 atom stereocenters. The second kappa shape index (κ2) is 32.9. The van der Waals surface area contributed by atoms with E-state index in [1.54, 1.807) is 24.3 Å². The van der Waals surface area contributed by atoms with Crippen LogP contribution in [0.5, 0.6) is 0 Å². The Labute approximate surface area is 601 Å². The minimum absolute atomic E-state index is 0.108. The fourth-order valence-electron chi connectivity index (χ4n) is 12.6. The fraction of sp³-hybridized carbons (Fsp3) is 0.402. The van der Waals surface area contributed by atoms with Crippen molar-refractivity contribution in [2.45, 2.75) is 202 Å². The van der Waals surface area contributed by atoms with Gasteiger partial charge in [-0.3, -0.25) is 0 Å². The van der Waals surface area contributed by atoms with Crippen LogP contribution in [0, 0.1) is 94.8 Å². The van der Waals surface area contributed by atoms with Gasteiger partial charge in [0.1, 0.15) is 35.2 Å². The Balaban J connectivity index is 0.000000207. The van der Waals surface area contributed by atoms with Crippen LogP contribution in [-0.4, -0.2) is 0 Å². The molecule has 0 unspecified atom stereocenters. The second-order valence-corrected chi connectivity index (χ2v) is 31.2. The van der Waals surface area contributed by atoms with E-state index in [1.807, 2.05) is 77.7 Å². The average molecular weight is 1310 g/mol. The first kappa shape index (κ1) is 66.1. The largest absolute Gasteiger partial charge is 0.212 e. The van der Waals surface area contributed by atoms with Crippen molar-refractivity contribution in [1.29, 1.82) is 0 Å². The molecule has 0 aliphatic heterocycles. The van der Waals surface area contributed by atoms with Crippen molar-refractivity contribution in [3.05, 3.63) is 265 Å². The molecular formula is C92H124N5+5. The molecular weight excluding hydrogens is 1180 g/mol. The van der Waals surface area contributed by atoms with Crippen LogP contribution < -0.4 is 22.8 Å². The van der Waals surface area contributed by atoms with Crippen LogP contribution in [0.25, 0.3) is 56.3 Å². The van der Waals surface area contributed by atoms with Crippen LogP contribution in [-0.2, 0) is 64.3 Å². The van der Waals surface area contributed by atoms with Crippen molar-refractivity contribution in [2.24, 2.45) is 47.1 Å². The van der Waals surface area contributed by atoms with Crippen LogP contribution in [0.1, 0.15) is 196 Å². The first-order valence-corrected chi connectivity index (χ1v) is 34.8. The van der Waals surface area contributed by atoms with E-state index < -0.39 is 20.1 Å². The highest BCUT2D eigenvalue weighted by atomic mass is 14.9. The molecule has 0 fully saturated rings. The van der Waals surface area contributed by atoms with Crippen molar-refractivity contribution >= 4 is 0 Å². The van der Waals surface area contributed by atoms with Gasteiger partial charge in [0.2, 0.25) is 28.5 Å². The first-order chi connectivity index (χ1) is 48.3. The zero-order valence-electron chi connectivity index (χ0n) is 72.8. The maximum Gasteiger partial charge on any atom is 0.212 e. The summed E-state index contributed by atoms with van der Waals surface area (Å²) in [7, 11) is 10.3. The number of hydrogen-bond acceptors (Lipinski definition) is 0. The van der Waals surface area contributed by atoms with Crippen molar-refractivity contribution in [2.75, 3.05) is 0 Å². The summed E-state index contributed by atoms with van der Waals surface area (Å²) < 4.78 is 72.7. The van der Waals surface area contributed by atoms with Crippen LogP contribution in [0.2, 0.25) is 0 Å². The molecule has 5 heterocycles. The van der Waals surface area contributed by atoms with Crippen molar-refractivity contribution < 1.29 is 33.8 Å². The van der Waals surface area contributed by atoms with Gasteiger partial charge in [0, 0.05) is 96.9 Å². The third-order valence-electron chi connectivity index (χ3n) is 18.2. The smallest absolute Gasteiger partial charge is 0.201 e. The third-order valence-corrected chi connectivity index (χ3v) is 18.2. The van der Waals surface area contributed by atoms with Crippen LogP contribution in [0.4, 0.5) is 0 Å². The van der Waals surface area contributed by atoms with E-state index in [2.05, 4.69) is 286 Å². The molecule has 0 radical (unpaired) electrons. The molecule has 0 aliphatic rings. The van der Waals surface area contributed by atoms with Crippen LogP contribution in [0.15, 0.2) is 171 Å². The second-order valence-electron chi connectivity index (χ2n) is 31.2. The summed E-state index contributed by atoms with van der Waals surface area (Å²) in [5, 5.41) is 0. The molecule has 10 aromatic rings. The number of hydrogen-bond donors (Lipinski definition) is 0. The Morgan fingerprint density at radius 1 is 0.320 bits per heavy atom. The molecule has 0 saturated heterocycles. The summed E-state index contributed by atoms with van der Waals surface area (Å²) in [6.07, 6.45) is 10.6. The van der Waals surface area contributed by atoms with Crippen molar-refractivity contribution in [1.82, 2.24) is 0 Å². The quantitative estimate of drug-likeness (QED) is 0.128. The summed E-state index contributed by atoms with van der Waals surface area (Å²) in [5.41, 5.74) is 31.4. The van der Waals surface area contributed by atoms with Gasteiger partial charge in [-0.25, -0.2) is 22.8 Å². The maximum absolute atomic E-state index is 8.36. The van der Waals surface area contributed by atoms with E-state index in [1.165, 1.54) is 95.0 Å². The molecule has 10 rings (SSSR count). The predicted octanol–water partition coefficient (Wildman–Crippen LogP) is 20.9. The Morgan fingerprint density at radius 2 is 0.660 bits per heavy atom. The summed E-state index contributed by atoms with van der Waals surface area (Å²) >= 11 is 0. The SMILES string of the molecule is Cc1ccc(-c2cc(C)c(CC(C)C)c[n+]2C)c(C)c1.Cc1ccc(-c2ccc(C(C)(C)C)c[n+]2C)c(C)c1.Cc1ccccc1-c1cc(C)c(C(C)(C)C)c[n+]1C.[2H]C([2H])([2H])c1ccc(-c2cc(C)c(C([2H])([2H])C(C)C)c[n+]2C)c(C)c1.[2H]C([2H])([2H])c1ccc(-c2ccc(C(C)(C)C)c[n+]2C)c(C)c1. The number of pyridine rings is 5. The highest BCUT2D eigenvalue weighted by Crippen LogP contribution is 2.31. The molecule has 97 heavy (non-hydrogen) atoms. The van der Waals surface area contributed by atoms with Crippen LogP contribution in [0.3, 0.4) is 0 Å². The predicted molar refractivity (Wildman–Crippen MR) is 415 cm³/mol. The normalized spacial score (nSPS) is 13.1. The number of aromatic nitrogens is 5. The van der Waals surface area contributed by atoms with Crippen molar-refractivity contribution in [3.8, 4) is 56.3 Å². The van der Waals surface area contributed by atoms with Gasteiger partial charge in [-0.05, 0) is 211 Å². The molecule has 0 N–H and O–H groups in total. The van der Waals surface area contributed by atoms with Gasteiger partial charge in [-0.2, -0.15) is 0 Å². The van der Waals surface area contributed by atoms with E-state index >= 15 is 0 Å². The number of nitrogens with zero attached hydrogens (tertiary/aromatic N) is 5. The van der Waals surface area contributed by atoms with Gasteiger partial charge in [-0.15, -0.1) is 0 Å². The molecule has 5 aromatic heterocycles. The monoisotopic (exact) mass is 1310 g/mol. The third kappa shape index (κ3) is 21.2. The minimum Gasteiger partial charge on any atom is -0.201 e. The van der Waals surface area contributed by atoms with E-state index in [4.69, 9.17) is 11.0 Å². The number of rotatable bonds is 9. The molecule has 0 saturated carbocycles. The topological polar surface area (TPSA) is 19.4 Å². The van der Waals surface area contributed by atoms with Crippen LogP contribution >= 0.6 is 0 Å². The minimum atomic E-state index is -2.11. The van der Waals surface area contributed by atoms with Gasteiger partial charge in [0.25, 0.3) is 0 Å². The summed E-state index contributed by atoms with van der Waals surface area (Å²) in [6.45, 7) is 45.3. The van der Waals surface area contributed by atoms with E-state index in [9.17, 15) is 0 Å². The lowest BCUT2D eigenvalue weighted by atomic mass is 9.84. The van der Waals surface area contributed by atoms with E-state index in [0.717, 1.165) is 45.6 Å². The molecule has 5 aromatic carbocycles. The molecule has 5 nitrogen and oxygen atoms in total. The van der Waals surface area contributed by atoms with Gasteiger partial charge in [0.05, 0.1) is 0 Å². The van der Waals surface area contributed by atoms with E-state index in [0.29, 0.717) is 22.6 Å². The van der Waals surface area contributed by atoms with Gasteiger partial charge >= 0.3 is 0 Å². The Morgan fingerprint density at radius 3 is 1.02 bits per heavy atom. The standard InChI is InChI=1S/2C19H26N.3C18H24N/c2*1-13(2)9-17-12-20(6)19(11-15(17)4)18-8-7-14(3)10-16(18)5;2*1-13-7-9-16(14(2)11-13)17-10-8-15(12-19(17)6)18(3,4)5;1-13-9-7-8-10-15(13)17-11-14(2)16(12-19(17)6)18(3,4)5/h2*7-8,10-13H,9H2,1-6H3;3*7-12H,1-6H3/q5*+1/i3D3,9D2;;1D3;;. The van der Waals surface area contributed by atoms with Crippen molar-refractivity contribution in [3.63, 3.8) is 0 Å². The van der Waals surface area contributed by atoms with Gasteiger partial charge in [-0.1, -0.05) is 179 Å². The lowest BCUT2D eigenvalue weighted by Crippen LogP contribution is -2.34. The highest BCUT2D eigenvalue weighted by Gasteiger charge is 2.25. The molecule has 0 bridgehead atoms. The molecule has 5 heteroatoms. The molecule has 0 amide bonds. The van der Waals surface area contributed by atoms with E-state index in [-0.39, 0.29) is 22.2 Å². The average Bonchev–Trinajstić information content (AvgIpc) is 0.785. The highest BCUT2D eigenvalue weighted by molar-refractivity contribution is 5.66. The Kier molecular flexibility index (Phi) is 22.4.